The van der Waals surface area contributed by atoms with E-state index in [1.54, 1.807) is 11.0 Å². The smallest absolute Gasteiger partial charge is 0.276 e. The van der Waals surface area contributed by atoms with Gasteiger partial charge in [-0.1, -0.05) is 26.8 Å². The van der Waals surface area contributed by atoms with Gasteiger partial charge in [-0.3, -0.25) is 9.69 Å². The van der Waals surface area contributed by atoms with Gasteiger partial charge in [0.1, 0.15) is 5.70 Å². The minimum absolute atomic E-state index is 0.0926. The van der Waals surface area contributed by atoms with Crippen molar-refractivity contribution < 1.29 is 14.3 Å². The molecule has 1 saturated heterocycles. The first-order valence-corrected chi connectivity index (χ1v) is 9.11. The number of nitrogens with one attached hydrogen (secondary N) is 1. The van der Waals surface area contributed by atoms with E-state index in [0.29, 0.717) is 48.0 Å². The lowest BCUT2D eigenvalue weighted by atomic mass is 10.1. The van der Waals surface area contributed by atoms with Crippen molar-refractivity contribution in [2.45, 2.75) is 34.1 Å². The number of hydrogen-bond acceptors (Lipinski definition) is 4. The molecule has 1 fully saturated rings. The van der Waals surface area contributed by atoms with Crippen molar-refractivity contribution in [2.24, 2.45) is 5.92 Å². The minimum Gasteiger partial charge on any atom is -0.490 e. The molecule has 0 bridgehead atoms. The van der Waals surface area contributed by atoms with Crippen molar-refractivity contribution in [1.82, 2.24) is 10.2 Å². The minimum atomic E-state index is -0.0926. The van der Waals surface area contributed by atoms with Crippen LogP contribution in [0.25, 0.3) is 6.08 Å². The maximum atomic E-state index is 12.4. The maximum absolute atomic E-state index is 12.4. The fraction of sp³-hybridized carbons (Fsp3) is 0.474. The van der Waals surface area contributed by atoms with Crippen LogP contribution < -0.4 is 14.8 Å². The Labute approximate surface area is 155 Å². The molecule has 136 valence electrons. The molecule has 0 atom stereocenters. The highest BCUT2D eigenvalue weighted by Crippen LogP contribution is 2.30. The van der Waals surface area contributed by atoms with Gasteiger partial charge in [0.05, 0.1) is 13.2 Å². The quantitative estimate of drug-likeness (QED) is 0.566. The predicted molar refractivity (Wildman–Crippen MR) is 104 cm³/mol. The molecule has 1 amide bonds. The molecule has 0 unspecified atom stereocenters. The lowest BCUT2D eigenvalue weighted by molar-refractivity contribution is -0.122. The van der Waals surface area contributed by atoms with Gasteiger partial charge >= 0.3 is 0 Å². The zero-order chi connectivity index (χ0) is 18.4. The summed E-state index contributed by atoms with van der Waals surface area (Å²) in [7, 11) is 0. The number of nitrogens with zero attached hydrogens (tertiary/aromatic N) is 1. The Morgan fingerprint density at radius 3 is 2.64 bits per heavy atom. The Balaban J connectivity index is 2.23. The number of thiocarbonyl (C=S) groups is 1. The zero-order valence-corrected chi connectivity index (χ0v) is 16.1. The topological polar surface area (TPSA) is 50.8 Å². The summed E-state index contributed by atoms with van der Waals surface area (Å²) in [6.45, 7) is 9.93. The molecule has 5 nitrogen and oxygen atoms in total. The van der Waals surface area contributed by atoms with Gasteiger partial charge in [-0.25, -0.2) is 0 Å². The molecule has 0 aromatic heterocycles. The second-order valence-corrected chi connectivity index (χ2v) is 6.68. The normalized spacial score (nSPS) is 15.9. The maximum Gasteiger partial charge on any atom is 0.276 e. The second kappa shape index (κ2) is 8.85. The molecule has 0 saturated carbocycles. The van der Waals surface area contributed by atoms with Gasteiger partial charge in [-0.15, -0.1) is 0 Å². The Hall–Kier alpha value is -2.08. The van der Waals surface area contributed by atoms with Crippen LogP contribution in [0.15, 0.2) is 23.9 Å². The number of rotatable bonds is 8. The predicted octanol–water partition coefficient (Wildman–Crippen LogP) is 3.59. The molecule has 0 radical (unpaired) electrons. The number of benzene rings is 1. The van der Waals surface area contributed by atoms with Crippen LogP contribution in [0.3, 0.4) is 0 Å². The summed E-state index contributed by atoms with van der Waals surface area (Å²) in [6, 6.07) is 5.67. The molecule has 1 aromatic carbocycles. The molecule has 0 aliphatic carbocycles. The lowest BCUT2D eigenvalue weighted by Crippen LogP contribution is -2.31. The third-order valence-electron chi connectivity index (χ3n) is 3.56. The molecule has 1 N–H and O–H groups in total. The molecule has 6 heteroatoms. The van der Waals surface area contributed by atoms with Crippen molar-refractivity contribution in [2.75, 3.05) is 19.8 Å². The fourth-order valence-corrected chi connectivity index (χ4v) is 2.71. The molecule has 1 heterocycles. The summed E-state index contributed by atoms with van der Waals surface area (Å²) in [6.07, 6.45) is 2.65. The van der Waals surface area contributed by atoms with Gasteiger partial charge in [-0.05, 0) is 55.3 Å². The largest absolute Gasteiger partial charge is 0.490 e. The summed E-state index contributed by atoms with van der Waals surface area (Å²) in [5, 5.41) is 3.45. The van der Waals surface area contributed by atoms with E-state index in [-0.39, 0.29) is 5.91 Å². The van der Waals surface area contributed by atoms with Gasteiger partial charge < -0.3 is 14.8 Å². The summed E-state index contributed by atoms with van der Waals surface area (Å²) >= 11 is 5.23. The number of amides is 1. The van der Waals surface area contributed by atoms with E-state index >= 15 is 0 Å². The van der Waals surface area contributed by atoms with E-state index < -0.39 is 0 Å². The van der Waals surface area contributed by atoms with Gasteiger partial charge in [-0.2, -0.15) is 0 Å². The van der Waals surface area contributed by atoms with Crippen LogP contribution in [0.1, 0.15) is 39.7 Å². The van der Waals surface area contributed by atoms with E-state index in [4.69, 9.17) is 21.7 Å². The first-order chi connectivity index (χ1) is 12.0. The number of carbonyl (C=O) groups is 1. The third kappa shape index (κ3) is 4.95. The van der Waals surface area contributed by atoms with Crippen LogP contribution >= 0.6 is 12.2 Å². The molecule has 1 aliphatic rings. The fourth-order valence-electron chi connectivity index (χ4n) is 2.42. The van der Waals surface area contributed by atoms with Crippen LogP contribution in [-0.2, 0) is 4.79 Å². The molecule has 1 aliphatic heterocycles. The van der Waals surface area contributed by atoms with Gasteiger partial charge in [0, 0.05) is 6.54 Å². The van der Waals surface area contributed by atoms with Crippen molar-refractivity contribution in [1.29, 1.82) is 0 Å². The van der Waals surface area contributed by atoms with Crippen LogP contribution in [-0.4, -0.2) is 35.7 Å². The molecule has 2 rings (SSSR count). The van der Waals surface area contributed by atoms with Crippen LogP contribution in [0.2, 0.25) is 0 Å². The van der Waals surface area contributed by atoms with E-state index in [9.17, 15) is 4.79 Å². The monoisotopic (exact) mass is 362 g/mol. The van der Waals surface area contributed by atoms with E-state index in [0.717, 1.165) is 12.0 Å². The number of ether oxygens (including phenoxy) is 2. The molecule has 0 spiro atoms. The number of hydrogen-bond donors (Lipinski definition) is 1. The second-order valence-electron chi connectivity index (χ2n) is 6.29. The number of carbonyl (C=O) groups excluding carboxylic acids is 1. The van der Waals surface area contributed by atoms with E-state index in [1.807, 2.05) is 32.0 Å². The Kier molecular flexibility index (Phi) is 6.82. The van der Waals surface area contributed by atoms with Crippen LogP contribution in [0.4, 0.5) is 0 Å². The Morgan fingerprint density at radius 2 is 2.00 bits per heavy atom. The van der Waals surface area contributed by atoms with Crippen LogP contribution in [0.5, 0.6) is 11.5 Å². The molecule has 25 heavy (non-hydrogen) atoms. The molecular formula is C19H26N2O3S. The zero-order valence-electron chi connectivity index (χ0n) is 15.3. The summed E-state index contributed by atoms with van der Waals surface area (Å²) in [4.78, 5) is 14.0. The molecule has 1 aromatic rings. The van der Waals surface area contributed by atoms with Gasteiger partial charge in [0.25, 0.3) is 5.91 Å². The van der Waals surface area contributed by atoms with Crippen molar-refractivity contribution >= 4 is 29.3 Å². The average Bonchev–Trinajstić information content (AvgIpc) is 2.82. The van der Waals surface area contributed by atoms with Crippen molar-refractivity contribution in [3.8, 4) is 11.5 Å². The Bertz CT molecular complexity index is 671. The highest BCUT2D eigenvalue weighted by molar-refractivity contribution is 7.80. The van der Waals surface area contributed by atoms with Crippen molar-refractivity contribution in [3.05, 3.63) is 29.5 Å². The third-order valence-corrected chi connectivity index (χ3v) is 3.88. The standard InChI is InChI=1S/C19H26N2O3S/c1-5-9-21-18(22)15(20-19(21)25)10-14-7-8-16(24-12-13(3)4)17(11-14)23-6-2/h7-8,10-11,13H,5-6,9,12H2,1-4H3,(H,20,25). The first kappa shape index (κ1) is 19.2. The first-order valence-electron chi connectivity index (χ1n) is 8.70. The summed E-state index contributed by atoms with van der Waals surface area (Å²) in [5.41, 5.74) is 1.34. The lowest BCUT2D eigenvalue weighted by Gasteiger charge is -2.14. The summed E-state index contributed by atoms with van der Waals surface area (Å²) < 4.78 is 11.5. The van der Waals surface area contributed by atoms with Gasteiger partial charge in [0.15, 0.2) is 16.6 Å². The van der Waals surface area contributed by atoms with Crippen LogP contribution in [0, 0.1) is 5.92 Å². The van der Waals surface area contributed by atoms with E-state index in [1.165, 1.54) is 0 Å². The molecular weight excluding hydrogens is 336 g/mol. The average molecular weight is 362 g/mol. The van der Waals surface area contributed by atoms with Crippen molar-refractivity contribution in [3.63, 3.8) is 0 Å². The Morgan fingerprint density at radius 1 is 1.24 bits per heavy atom. The highest BCUT2D eigenvalue weighted by Gasteiger charge is 2.29. The summed E-state index contributed by atoms with van der Waals surface area (Å²) in [5.74, 6) is 1.73. The SMILES string of the molecule is CCCN1C(=O)C(=Cc2ccc(OCC(C)C)c(OCC)c2)NC1=S. The highest BCUT2D eigenvalue weighted by atomic mass is 32.1. The van der Waals surface area contributed by atoms with Gasteiger partial charge in [0.2, 0.25) is 0 Å². The van der Waals surface area contributed by atoms with E-state index in [2.05, 4.69) is 19.2 Å².